The quantitative estimate of drug-likeness (QED) is 0.708. The van der Waals surface area contributed by atoms with Crippen LogP contribution in [-0.2, 0) is 4.74 Å². The lowest BCUT2D eigenvalue weighted by Crippen LogP contribution is -2.54. The van der Waals surface area contributed by atoms with E-state index in [1.165, 1.54) is 0 Å². The third kappa shape index (κ3) is 4.69. The highest BCUT2D eigenvalue weighted by Gasteiger charge is 2.61. The third-order valence-electron chi connectivity index (χ3n) is 1.88. The first-order valence-electron chi connectivity index (χ1n) is 4.51. The van der Waals surface area contributed by atoms with Gasteiger partial charge in [0.25, 0.3) is 12.3 Å². The monoisotopic (exact) mass is 310 g/mol. The molecule has 0 amide bonds. The van der Waals surface area contributed by atoms with Gasteiger partial charge in [0.05, 0.1) is 0 Å². The van der Waals surface area contributed by atoms with Gasteiger partial charge in [0.2, 0.25) is 11.7 Å². The highest BCUT2D eigenvalue weighted by Crippen LogP contribution is 2.41. The molecule has 0 N–H and O–H groups in total. The zero-order valence-corrected chi connectivity index (χ0v) is 9.34. The second-order valence-electron chi connectivity index (χ2n) is 3.88. The molecule has 19 heavy (non-hydrogen) atoms. The van der Waals surface area contributed by atoms with E-state index in [9.17, 15) is 43.9 Å². The minimum absolute atomic E-state index is 0.300. The summed E-state index contributed by atoms with van der Waals surface area (Å²) in [6.45, 7) is -0.599. The first-order chi connectivity index (χ1) is 8.02. The van der Waals surface area contributed by atoms with Crippen molar-refractivity contribution in [2.24, 2.45) is 0 Å². The number of rotatable bonds is 4. The Balaban J connectivity index is 5.11. The summed E-state index contributed by atoms with van der Waals surface area (Å²) < 4.78 is 125. The Morgan fingerprint density at radius 2 is 0.842 bits per heavy atom. The normalized spacial score (nSPS) is 23.4. The van der Waals surface area contributed by atoms with E-state index in [0.29, 0.717) is 0 Å². The van der Waals surface area contributed by atoms with Crippen molar-refractivity contribution in [1.29, 1.82) is 0 Å². The van der Waals surface area contributed by atoms with Crippen molar-refractivity contribution in [1.82, 2.24) is 0 Å². The second-order valence-corrected chi connectivity index (χ2v) is 3.88. The fraction of sp³-hybridized carbons (Fsp3) is 1.00. The number of alkyl halides is 10. The summed E-state index contributed by atoms with van der Waals surface area (Å²) in [5.41, 5.74) is 0. The van der Waals surface area contributed by atoms with Gasteiger partial charge in [-0.25, -0.2) is 17.6 Å². The summed E-state index contributed by atoms with van der Waals surface area (Å²) in [5.74, 6) is -9.06. The highest BCUT2D eigenvalue weighted by atomic mass is 19.4. The van der Waals surface area contributed by atoms with Gasteiger partial charge in [-0.3, -0.25) is 0 Å². The van der Waals surface area contributed by atoms with Gasteiger partial charge < -0.3 is 4.74 Å². The lowest BCUT2D eigenvalue weighted by atomic mass is 10.1. The lowest BCUT2D eigenvalue weighted by molar-refractivity contribution is -0.360. The highest BCUT2D eigenvalue weighted by molar-refractivity contribution is 4.87. The molecule has 0 saturated heterocycles. The van der Waals surface area contributed by atoms with Gasteiger partial charge in [0.1, 0.15) is 0 Å². The van der Waals surface area contributed by atoms with E-state index in [4.69, 9.17) is 0 Å². The Labute approximate surface area is 100 Å². The lowest BCUT2D eigenvalue weighted by Gasteiger charge is -2.34. The Kier molecular flexibility index (Phi) is 4.79. The van der Waals surface area contributed by atoms with Crippen LogP contribution in [0.15, 0.2) is 0 Å². The van der Waals surface area contributed by atoms with Crippen LogP contribution < -0.4 is 0 Å². The summed E-state index contributed by atoms with van der Waals surface area (Å²) >= 11 is 0. The van der Waals surface area contributed by atoms with Crippen LogP contribution in [0.2, 0.25) is 0 Å². The van der Waals surface area contributed by atoms with E-state index >= 15 is 0 Å². The molecule has 4 unspecified atom stereocenters. The maximum absolute atomic E-state index is 13.1. The fourth-order valence-electron chi connectivity index (χ4n) is 1.08. The number of halogens is 10. The molecule has 0 radical (unpaired) electrons. The molecule has 116 valence electrons. The van der Waals surface area contributed by atoms with E-state index < -0.39 is 36.4 Å². The van der Waals surface area contributed by atoms with Crippen LogP contribution in [0, 0.1) is 0 Å². The molecule has 0 aliphatic heterocycles. The van der Waals surface area contributed by atoms with Crippen LogP contribution >= 0.6 is 0 Å². The van der Waals surface area contributed by atoms with E-state index in [0.717, 1.165) is 0 Å². The number of hydrogen-bond donors (Lipinski definition) is 0. The summed E-state index contributed by atoms with van der Waals surface area (Å²) in [6, 6.07) is 0. The molecule has 0 fully saturated rings. The summed E-state index contributed by atoms with van der Waals surface area (Å²) in [5, 5.41) is 0. The molecule has 0 aliphatic rings. The van der Waals surface area contributed by atoms with Crippen molar-refractivity contribution < 1.29 is 48.6 Å². The van der Waals surface area contributed by atoms with Crippen LogP contribution in [0.3, 0.4) is 0 Å². The van der Waals surface area contributed by atoms with Crippen molar-refractivity contribution >= 4 is 0 Å². The first-order valence-corrected chi connectivity index (χ1v) is 4.51. The molecule has 0 aliphatic carbocycles. The SMILES string of the molecule is CC(F)(OC(C)(F)C(F)C(F)(F)F)C(F)C(F)(F)F. The van der Waals surface area contributed by atoms with Crippen molar-refractivity contribution in [2.45, 2.75) is 50.3 Å². The number of ether oxygens (including phenoxy) is 1. The van der Waals surface area contributed by atoms with Gasteiger partial charge in [-0.2, -0.15) is 26.3 Å². The zero-order chi connectivity index (χ0) is 15.9. The molecular formula is C8H8F10O. The second kappa shape index (κ2) is 4.98. The molecule has 4 atom stereocenters. The maximum atomic E-state index is 13.1. The summed E-state index contributed by atoms with van der Waals surface area (Å²) in [7, 11) is 0. The van der Waals surface area contributed by atoms with Crippen LogP contribution in [0.4, 0.5) is 43.9 Å². The molecule has 0 spiro atoms. The van der Waals surface area contributed by atoms with E-state index in [1.807, 2.05) is 0 Å². The summed E-state index contributed by atoms with van der Waals surface area (Å²) in [6.07, 6.45) is -20.6. The van der Waals surface area contributed by atoms with Crippen LogP contribution in [-0.4, -0.2) is 36.4 Å². The van der Waals surface area contributed by atoms with Gasteiger partial charge in [-0.15, -0.1) is 0 Å². The first kappa shape index (κ1) is 18.3. The topological polar surface area (TPSA) is 9.23 Å². The van der Waals surface area contributed by atoms with Gasteiger partial charge >= 0.3 is 12.4 Å². The summed E-state index contributed by atoms with van der Waals surface area (Å²) in [4.78, 5) is 0. The average Bonchev–Trinajstić information content (AvgIpc) is 2.10. The minimum Gasteiger partial charge on any atom is -0.303 e. The average molecular weight is 310 g/mol. The molecule has 0 saturated carbocycles. The fourth-order valence-corrected chi connectivity index (χ4v) is 1.08. The molecule has 11 heteroatoms. The van der Waals surface area contributed by atoms with Crippen LogP contribution in [0.25, 0.3) is 0 Å². The van der Waals surface area contributed by atoms with Crippen LogP contribution in [0.5, 0.6) is 0 Å². The van der Waals surface area contributed by atoms with Gasteiger partial charge in [0, 0.05) is 0 Å². The predicted molar refractivity (Wildman–Crippen MR) is 42.0 cm³/mol. The molecule has 0 aromatic rings. The molecule has 0 rings (SSSR count). The molecule has 0 aromatic heterocycles. The molecule has 0 heterocycles. The largest absolute Gasteiger partial charge is 0.425 e. The van der Waals surface area contributed by atoms with Crippen molar-refractivity contribution in [2.75, 3.05) is 0 Å². The van der Waals surface area contributed by atoms with Gasteiger partial charge in [-0.05, 0) is 13.8 Å². The maximum Gasteiger partial charge on any atom is 0.425 e. The van der Waals surface area contributed by atoms with Crippen LogP contribution in [0.1, 0.15) is 13.8 Å². The van der Waals surface area contributed by atoms with Crippen molar-refractivity contribution in [3.05, 3.63) is 0 Å². The predicted octanol–water partition coefficient (Wildman–Crippen LogP) is 4.18. The Hall–Kier alpha value is -0.740. The Bertz CT molecular complexity index is 274. The third-order valence-corrected chi connectivity index (χ3v) is 1.88. The molecule has 0 bridgehead atoms. The molecule has 0 aromatic carbocycles. The van der Waals surface area contributed by atoms with Gasteiger partial charge in [-0.1, -0.05) is 0 Å². The van der Waals surface area contributed by atoms with Crippen molar-refractivity contribution in [3.8, 4) is 0 Å². The van der Waals surface area contributed by atoms with Gasteiger partial charge in [0.15, 0.2) is 0 Å². The van der Waals surface area contributed by atoms with E-state index in [1.54, 1.807) is 0 Å². The standard InChI is InChI=1S/C8H8F10O/c1-5(11,3(9)7(13,14)15)19-6(2,12)4(10)8(16,17)18/h3-4H,1-2H3. The zero-order valence-electron chi connectivity index (χ0n) is 9.34. The Morgan fingerprint density at radius 1 is 0.632 bits per heavy atom. The van der Waals surface area contributed by atoms with E-state index in [2.05, 4.69) is 4.74 Å². The molecule has 1 nitrogen and oxygen atoms in total. The van der Waals surface area contributed by atoms with E-state index in [-0.39, 0.29) is 13.8 Å². The smallest absolute Gasteiger partial charge is 0.303 e. The molecular weight excluding hydrogens is 302 g/mol. The van der Waals surface area contributed by atoms with Crippen molar-refractivity contribution in [3.63, 3.8) is 0 Å². The minimum atomic E-state index is -5.86. The number of hydrogen-bond acceptors (Lipinski definition) is 1. The Morgan fingerprint density at radius 3 is 1.00 bits per heavy atom.